The number of halogens is 2. The van der Waals surface area contributed by atoms with E-state index in [1.807, 2.05) is 0 Å². The standard InChI is InChI=1S/C2H5O.2ClH.O.V/c1-2-3;;;;/h2H2,1H3;2*1H;;/q-1;;;;+3/p-2. The molecule has 0 bridgehead atoms. The van der Waals surface area contributed by atoms with Crippen molar-refractivity contribution < 1.29 is 19.7 Å². The van der Waals surface area contributed by atoms with Gasteiger partial charge in [-0.25, -0.2) is 0 Å². The predicted molar refractivity (Wildman–Crippen MR) is 24.0 cm³/mol. The molecular weight excluding hydrogens is 178 g/mol. The van der Waals surface area contributed by atoms with Gasteiger partial charge in [0.05, 0.1) is 0 Å². The fraction of sp³-hybridized carbons (Fsp3) is 1.00. The summed E-state index contributed by atoms with van der Waals surface area (Å²) in [5, 5.41) is 0. The molecule has 0 saturated heterocycles. The summed E-state index contributed by atoms with van der Waals surface area (Å²) >= 11 is -3.75. The van der Waals surface area contributed by atoms with Gasteiger partial charge in [-0.1, -0.05) is 0 Å². The van der Waals surface area contributed by atoms with Gasteiger partial charge in [0.1, 0.15) is 0 Å². The second-order valence-electron chi connectivity index (χ2n) is 0.832. The number of hydrogen-bond acceptors (Lipinski definition) is 2. The Morgan fingerprint density at radius 3 is 2.14 bits per heavy atom. The van der Waals surface area contributed by atoms with Crippen LogP contribution in [0.3, 0.4) is 0 Å². The quantitative estimate of drug-likeness (QED) is 0.651. The Labute approximate surface area is 53.2 Å². The summed E-state index contributed by atoms with van der Waals surface area (Å²) in [4.78, 5) is 0. The van der Waals surface area contributed by atoms with Crippen molar-refractivity contribution in [3.8, 4) is 0 Å². The Balaban J connectivity index is 3.36. The fourth-order valence-corrected chi connectivity index (χ4v) is 1.42. The molecule has 0 aromatic rings. The summed E-state index contributed by atoms with van der Waals surface area (Å²) in [5.74, 6) is 0. The van der Waals surface area contributed by atoms with E-state index in [9.17, 15) is 3.67 Å². The average molecular weight is 183 g/mol. The van der Waals surface area contributed by atoms with E-state index < -0.39 is 12.4 Å². The molecule has 44 valence electrons. The topological polar surface area (TPSA) is 26.3 Å². The first kappa shape index (κ1) is 7.92. The van der Waals surface area contributed by atoms with E-state index in [4.69, 9.17) is 19.7 Å². The van der Waals surface area contributed by atoms with Crippen LogP contribution in [0.5, 0.6) is 0 Å². The maximum absolute atomic E-state index is 10.2. The van der Waals surface area contributed by atoms with Gasteiger partial charge in [-0.3, -0.25) is 0 Å². The zero-order chi connectivity index (χ0) is 5.91. The summed E-state index contributed by atoms with van der Waals surface area (Å²) in [6, 6.07) is 0. The van der Waals surface area contributed by atoms with Crippen molar-refractivity contribution in [2.45, 2.75) is 6.92 Å². The number of rotatable bonds is 2. The van der Waals surface area contributed by atoms with Crippen molar-refractivity contribution in [1.29, 1.82) is 0 Å². The SMILES string of the molecule is CC[O][V](=[O])([Cl])[Cl]. The maximum atomic E-state index is 10.2. The first-order valence-corrected chi connectivity index (χ1v) is 6.68. The molecule has 0 saturated carbocycles. The first-order chi connectivity index (χ1) is 3.06. The van der Waals surface area contributed by atoms with E-state index in [-0.39, 0.29) is 0 Å². The van der Waals surface area contributed by atoms with Crippen LogP contribution in [0, 0.1) is 0 Å². The van der Waals surface area contributed by atoms with Gasteiger partial charge >= 0.3 is 53.0 Å². The van der Waals surface area contributed by atoms with Crippen molar-refractivity contribution in [3.05, 3.63) is 0 Å². The molecular formula is C2H5Cl2O2V. The Bertz CT molecular complexity index is 87.7. The molecule has 0 N–H and O–H groups in total. The average Bonchev–Trinajstić information content (AvgIpc) is 1.30. The zero-order valence-electron chi connectivity index (χ0n) is 3.73. The van der Waals surface area contributed by atoms with Crippen molar-refractivity contribution in [3.63, 3.8) is 0 Å². The number of hydrogen-bond donors (Lipinski definition) is 0. The van der Waals surface area contributed by atoms with Crippen LogP contribution in [0.4, 0.5) is 0 Å². The Hall–Kier alpha value is 0.924. The van der Waals surface area contributed by atoms with E-state index in [1.165, 1.54) is 0 Å². The van der Waals surface area contributed by atoms with Crippen LogP contribution < -0.4 is 0 Å². The molecule has 2 nitrogen and oxygen atoms in total. The molecule has 0 aliphatic rings. The van der Waals surface area contributed by atoms with Gasteiger partial charge in [0, 0.05) is 0 Å². The van der Waals surface area contributed by atoms with Crippen molar-refractivity contribution in [2.75, 3.05) is 6.61 Å². The zero-order valence-corrected chi connectivity index (χ0v) is 6.64. The third-order valence-electron chi connectivity index (χ3n) is 0.279. The van der Waals surface area contributed by atoms with Crippen LogP contribution in [-0.2, 0) is 19.7 Å². The van der Waals surface area contributed by atoms with Crippen LogP contribution in [0.1, 0.15) is 6.92 Å². The molecule has 0 radical (unpaired) electrons. The van der Waals surface area contributed by atoms with Gasteiger partial charge < -0.3 is 0 Å². The molecule has 0 aliphatic carbocycles. The van der Waals surface area contributed by atoms with Crippen molar-refractivity contribution >= 4 is 19.7 Å². The van der Waals surface area contributed by atoms with E-state index >= 15 is 0 Å². The Morgan fingerprint density at radius 2 is 2.14 bits per heavy atom. The molecule has 0 rings (SSSR count). The van der Waals surface area contributed by atoms with Crippen LogP contribution >= 0.6 is 19.7 Å². The normalized spacial score (nSPS) is 11.9. The van der Waals surface area contributed by atoms with Crippen LogP contribution in [0.25, 0.3) is 0 Å². The van der Waals surface area contributed by atoms with E-state index in [2.05, 4.69) is 3.66 Å². The summed E-state index contributed by atoms with van der Waals surface area (Å²) in [5.41, 5.74) is 0. The van der Waals surface area contributed by atoms with Crippen molar-refractivity contribution in [1.82, 2.24) is 0 Å². The second-order valence-corrected chi connectivity index (χ2v) is 6.91. The van der Waals surface area contributed by atoms with Gasteiger partial charge in [0.2, 0.25) is 0 Å². The van der Waals surface area contributed by atoms with E-state index in [0.29, 0.717) is 6.61 Å². The fourth-order valence-electron chi connectivity index (χ4n) is 0.150. The molecule has 7 heavy (non-hydrogen) atoms. The molecule has 0 unspecified atom stereocenters. The third kappa shape index (κ3) is 6.92. The molecule has 0 heterocycles. The Kier molecular flexibility index (Phi) is 3.45. The summed E-state index contributed by atoms with van der Waals surface area (Å²) in [6.07, 6.45) is 0. The molecule has 0 spiro atoms. The van der Waals surface area contributed by atoms with Gasteiger partial charge in [-0.15, -0.1) is 0 Å². The minimum absolute atomic E-state index is 0.309. The second kappa shape index (κ2) is 3.05. The van der Waals surface area contributed by atoms with Gasteiger partial charge in [-0.2, -0.15) is 0 Å². The summed E-state index contributed by atoms with van der Waals surface area (Å²) in [7, 11) is 9.99. The first-order valence-electron chi connectivity index (χ1n) is 1.70. The molecule has 0 fully saturated rings. The van der Waals surface area contributed by atoms with Gasteiger partial charge in [-0.05, 0) is 0 Å². The van der Waals surface area contributed by atoms with Crippen LogP contribution in [0.2, 0.25) is 0 Å². The van der Waals surface area contributed by atoms with Crippen LogP contribution in [-0.4, -0.2) is 6.61 Å². The van der Waals surface area contributed by atoms with Gasteiger partial charge in [0.25, 0.3) is 0 Å². The molecule has 5 heteroatoms. The van der Waals surface area contributed by atoms with Crippen LogP contribution in [0.15, 0.2) is 0 Å². The summed E-state index contributed by atoms with van der Waals surface area (Å²) < 4.78 is 14.6. The predicted octanol–water partition coefficient (Wildman–Crippen LogP) is 1.74. The monoisotopic (exact) mass is 182 g/mol. The molecule has 0 atom stereocenters. The van der Waals surface area contributed by atoms with Gasteiger partial charge in [0.15, 0.2) is 0 Å². The Morgan fingerprint density at radius 1 is 1.71 bits per heavy atom. The van der Waals surface area contributed by atoms with E-state index in [0.717, 1.165) is 0 Å². The summed E-state index contributed by atoms with van der Waals surface area (Å²) in [6.45, 7) is 1.99. The third-order valence-corrected chi connectivity index (χ3v) is 1.96. The minimum atomic E-state index is -3.75. The molecule has 0 amide bonds. The van der Waals surface area contributed by atoms with E-state index in [1.54, 1.807) is 6.92 Å². The molecule has 0 aliphatic heterocycles. The molecule has 0 aromatic carbocycles. The van der Waals surface area contributed by atoms with Crippen molar-refractivity contribution in [2.24, 2.45) is 0 Å². The molecule has 0 aromatic heterocycles.